The Morgan fingerprint density at radius 1 is 1.00 bits per heavy atom. The Hall–Kier alpha value is -4.86. The van der Waals surface area contributed by atoms with Gasteiger partial charge in [-0.15, -0.1) is 0 Å². The van der Waals surface area contributed by atoms with E-state index in [2.05, 4.69) is 16.5 Å². The molecule has 0 bridgehead atoms. The molecule has 4 heterocycles. The van der Waals surface area contributed by atoms with Crippen molar-refractivity contribution in [2.45, 2.75) is 53.5 Å². The van der Waals surface area contributed by atoms with Gasteiger partial charge in [0.1, 0.15) is 17.1 Å². The van der Waals surface area contributed by atoms with Crippen molar-refractivity contribution in [2.24, 2.45) is 7.05 Å². The van der Waals surface area contributed by atoms with Gasteiger partial charge >= 0.3 is 5.97 Å². The molecule has 1 aliphatic rings. The molecule has 6 aromatic rings. The van der Waals surface area contributed by atoms with Crippen LogP contribution in [0, 0.1) is 27.7 Å². The average molecular weight is 711 g/mol. The summed E-state index contributed by atoms with van der Waals surface area (Å²) in [7, 11) is 1.92. The number of hydrogen-bond acceptors (Lipinski definition) is 5. The molecule has 0 saturated carbocycles. The van der Waals surface area contributed by atoms with Gasteiger partial charge < -0.3 is 19.3 Å². The predicted molar refractivity (Wildman–Crippen MR) is 198 cm³/mol. The third-order valence-corrected chi connectivity index (χ3v) is 10.7. The SMILES string of the molecule is Cc1cc(OCCCc2c3n(c4c(-c5c(C)nn(C)c5C)c(Cl)ccc24)[C@H](C)CN(c2ccc4nc(C(=O)O)ccc4c2)C3=O)cc(C)c1Cl. The maximum Gasteiger partial charge on any atom is 0.354 e. The molecule has 0 aliphatic carbocycles. The third-order valence-electron chi connectivity index (χ3n) is 9.77. The number of carbonyl (C=O) groups is 2. The summed E-state index contributed by atoms with van der Waals surface area (Å²) >= 11 is 13.4. The van der Waals surface area contributed by atoms with E-state index in [9.17, 15) is 14.7 Å². The number of pyridine rings is 1. The van der Waals surface area contributed by atoms with Gasteiger partial charge in [0.25, 0.3) is 5.91 Å². The minimum atomic E-state index is -1.09. The number of aryl methyl sites for hydroxylation is 5. The smallest absolute Gasteiger partial charge is 0.354 e. The molecule has 1 amide bonds. The second-order valence-electron chi connectivity index (χ2n) is 13.2. The van der Waals surface area contributed by atoms with Crippen LogP contribution in [0.4, 0.5) is 5.69 Å². The maximum absolute atomic E-state index is 14.8. The molecule has 0 spiro atoms. The summed E-state index contributed by atoms with van der Waals surface area (Å²) in [5.41, 5.74) is 9.37. The first-order valence-corrected chi connectivity index (χ1v) is 17.3. The van der Waals surface area contributed by atoms with Crippen molar-refractivity contribution < 1.29 is 19.4 Å². The number of anilines is 1. The fourth-order valence-electron chi connectivity index (χ4n) is 7.35. The first kappa shape index (κ1) is 33.6. The number of fused-ring (bicyclic) bond motifs is 4. The minimum Gasteiger partial charge on any atom is -0.494 e. The van der Waals surface area contributed by atoms with Crippen molar-refractivity contribution in [3.8, 4) is 16.9 Å². The number of benzene rings is 3. The van der Waals surface area contributed by atoms with Gasteiger partial charge in [0.05, 0.1) is 28.4 Å². The van der Waals surface area contributed by atoms with E-state index < -0.39 is 5.97 Å². The van der Waals surface area contributed by atoms with Crippen LogP contribution in [0.1, 0.15) is 68.4 Å². The third kappa shape index (κ3) is 5.58. The average Bonchev–Trinajstić information content (AvgIpc) is 3.55. The van der Waals surface area contributed by atoms with Gasteiger partial charge in [0.2, 0.25) is 0 Å². The Labute approximate surface area is 300 Å². The number of halogens is 2. The number of rotatable bonds is 8. The summed E-state index contributed by atoms with van der Waals surface area (Å²) in [6.07, 6.45) is 1.27. The fourth-order valence-corrected chi connectivity index (χ4v) is 7.71. The molecule has 1 atom stereocenters. The molecular weight excluding hydrogens is 673 g/mol. The number of amides is 1. The standard InChI is InChI=1S/C39H37Cl2N5O4/c1-20-16-27(17-21(2)35(20)41)50-15-7-8-28-29-11-12-30(40)34(33-23(4)43-44(6)24(33)5)36(29)46-22(3)19-45(38(47)37(28)46)26-10-14-31-25(18-26)9-13-32(42-31)39(48)49/h9-14,16-18,22H,7-8,15,19H2,1-6H3,(H,48,49)/t22-/m1/s1. The molecule has 1 aliphatic heterocycles. The van der Waals surface area contributed by atoms with Gasteiger partial charge in [-0.3, -0.25) is 9.48 Å². The molecule has 3 aromatic carbocycles. The van der Waals surface area contributed by atoms with E-state index in [0.717, 1.165) is 72.0 Å². The predicted octanol–water partition coefficient (Wildman–Crippen LogP) is 9.06. The highest BCUT2D eigenvalue weighted by Gasteiger charge is 2.36. The van der Waals surface area contributed by atoms with Gasteiger partial charge in [-0.2, -0.15) is 5.10 Å². The van der Waals surface area contributed by atoms with Crippen molar-refractivity contribution in [1.82, 2.24) is 19.3 Å². The van der Waals surface area contributed by atoms with Gasteiger partial charge in [-0.05, 0) is 107 Å². The zero-order valence-electron chi connectivity index (χ0n) is 28.8. The van der Waals surface area contributed by atoms with Crippen LogP contribution < -0.4 is 9.64 Å². The number of carboxylic acids is 1. The van der Waals surface area contributed by atoms with Crippen LogP contribution in [0.15, 0.2) is 54.6 Å². The highest BCUT2D eigenvalue weighted by Crippen LogP contribution is 2.45. The van der Waals surface area contributed by atoms with Gasteiger partial charge in [-0.1, -0.05) is 35.3 Å². The number of aromatic carboxylic acids is 1. The molecule has 0 fully saturated rings. The molecule has 50 heavy (non-hydrogen) atoms. The van der Waals surface area contributed by atoms with E-state index in [1.807, 2.05) is 80.7 Å². The summed E-state index contributed by atoms with van der Waals surface area (Å²) < 4.78 is 10.2. The lowest BCUT2D eigenvalue weighted by molar-refractivity contribution is 0.0690. The topological polar surface area (TPSA) is 102 Å². The molecular formula is C39H37Cl2N5O4. The van der Waals surface area contributed by atoms with Crippen LogP contribution in [-0.2, 0) is 13.5 Å². The van der Waals surface area contributed by atoms with Crippen molar-refractivity contribution in [2.75, 3.05) is 18.1 Å². The molecule has 11 heteroatoms. The van der Waals surface area contributed by atoms with Crippen LogP contribution in [0.5, 0.6) is 5.75 Å². The van der Waals surface area contributed by atoms with Crippen molar-refractivity contribution in [1.29, 1.82) is 0 Å². The summed E-state index contributed by atoms with van der Waals surface area (Å²) in [5.74, 6) is -0.437. The van der Waals surface area contributed by atoms with Crippen LogP contribution in [0.2, 0.25) is 10.0 Å². The molecule has 1 N–H and O–H groups in total. The molecule has 0 unspecified atom stereocenters. The summed E-state index contributed by atoms with van der Waals surface area (Å²) in [5, 5.41) is 17.2. The Morgan fingerprint density at radius 3 is 2.42 bits per heavy atom. The number of carboxylic acid groups (broad SMARTS) is 1. The van der Waals surface area contributed by atoms with Gasteiger partial charge in [-0.25, -0.2) is 9.78 Å². The molecule has 0 saturated heterocycles. The lowest BCUT2D eigenvalue weighted by atomic mass is 9.98. The Balaban J connectivity index is 1.34. The van der Waals surface area contributed by atoms with Crippen LogP contribution >= 0.6 is 23.2 Å². The number of hydrogen-bond donors (Lipinski definition) is 1. The van der Waals surface area contributed by atoms with E-state index in [4.69, 9.17) is 33.0 Å². The maximum atomic E-state index is 14.8. The van der Waals surface area contributed by atoms with Crippen molar-refractivity contribution in [3.05, 3.63) is 104 Å². The van der Waals surface area contributed by atoms with Crippen LogP contribution in [0.25, 0.3) is 32.9 Å². The lowest BCUT2D eigenvalue weighted by Crippen LogP contribution is -2.42. The van der Waals surface area contributed by atoms with E-state index in [1.165, 1.54) is 6.07 Å². The summed E-state index contributed by atoms with van der Waals surface area (Å²) in [4.78, 5) is 32.4. The molecule has 7 rings (SSSR count). The highest BCUT2D eigenvalue weighted by molar-refractivity contribution is 6.35. The van der Waals surface area contributed by atoms with E-state index >= 15 is 0 Å². The summed E-state index contributed by atoms with van der Waals surface area (Å²) in [6, 6.07) is 16.4. The van der Waals surface area contributed by atoms with Gasteiger partial charge in [0.15, 0.2) is 0 Å². The second kappa shape index (κ2) is 12.8. The van der Waals surface area contributed by atoms with Crippen LogP contribution in [0.3, 0.4) is 0 Å². The quantitative estimate of drug-likeness (QED) is 0.158. The Bertz CT molecular complexity index is 2350. The molecule has 3 aromatic heterocycles. The van der Waals surface area contributed by atoms with Crippen molar-refractivity contribution in [3.63, 3.8) is 0 Å². The van der Waals surface area contributed by atoms with E-state index in [0.29, 0.717) is 42.2 Å². The molecule has 0 radical (unpaired) electrons. The Morgan fingerprint density at radius 2 is 1.74 bits per heavy atom. The summed E-state index contributed by atoms with van der Waals surface area (Å²) in [6.45, 7) is 11.0. The lowest BCUT2D eigenvalue weighted by Gasteiger charge is -2.34. The second-order valence-corrected chi connectivity index (χ2v) is 13.9. The normalized spacial score (nSPS) is 14.5. The first-order valence-electron chi connectivity index (χ1n) is 16.6. The first-order chi connectivity index (χ1) is 23.8. The fraction of sp³-hybridized carbons (Fsp3) is 0.282. The number of ether oxygens (including phenoxy) is 1. The number of nitrogens with zero attached hydrogens (tertiary/aromatic N) is 5. The number of carbonyl (C=O) groups excluding carboxylic acids is 1. The zero-order chi connectivity index (χ0) is 35.6. The minimum absolute atomic E-state index is 0.0269. The van der Waals surface area contributed by atoms with Crippen LogP contribution in [-0.4, -0.2) is 49.5 Å². The number of aromatic nitrogens is 4. The van der Waals surface area contributed by atoms with E-state index in [-0.39, 0.29) is 17.6 Å². The van der Waals surface area contributed by atoms with Gasteiger partial charge in [0, 0.05) is 57.9 Å². The molecule has 9 nitrogen and oxygen atoms in total. The monoisotopic (exact) mass is 709 g/mol. The Kier molecular flexibility index (Phi) is 8.60. The zero-order valence-corrected chi connectivity index (χ0v) is 30.3. The van der Waals surface area contributed by atoms with E-state index in [1.54, 1.807) is 12.1 Å². The highest BCUT2D eigenvalue weighted by atomic mass is 35.5. The van der Waals surface area contributed by atoms with Crippen molar-refractivity contribution >= 4 is 62.6 Å². The largest absolute Gasteiger partial charge is 0.494 e. The molecule has 256 valence electrons.